The average molecular weight is 1880 g/mol. The van der Waals surface area contributed by atoms with Crippen molar-refractivity contribution in [3.05, 3.63) is 429 Å². The third-order valence-electron chi connectivity index (χ3n) is 36.1. The van der Waals surface area contributed by atoms with Crippen molar-refractivity contribution in [2.45, 2.75) is 75.0 Å². The first-order valence-corrected chi connectivity index (χ1v) is 52.4. The Kier molecular flexibility index (Phi) is 17.1. The normalized spacial score (nSPS) is 20.7. The molecule has 0 radical (unpaired) electrons. The van der Waals surface area contributed by atoms with Crippen molar-refractivity contribution in [2.75, 3.05) is 0 Å². The van der Waals surface area contributed by atoms with Crippen LogP contribution < -0.4 is 0 Å². The molecule has 0 aliphatic heterocycles. The summed E-state index contributed by atoms with van der Waals surface area (Å²) in [6.07, 6.45) is 14.0. The zero-order valence-corrected chi connectivity index (χ0v) is 80.2. The van der Waals surface area contributed by atoms with Crippen LogP contribution in [0.3, 0.4) is 0 Å². The maximum absolute atomic E-state index is 6.21. The highest BCUT2D eigenvalue weighted by molar-refractivity contribution is 6.16. The molecule has 12 nitrogen and oxygen atoms in total. The van der Waals surface area contributed by atoms with Crippen LogP contribution in [-0.2, 0) is 10.8 Å². The molecular formula is C134H95N11O. The van der Waals surface area contributed by atoms with Gasteiger partial charge in [0.25, 0.3) is 0 Å². The number of hydrogen-bond donors (Lipinski definition) is 0. The predicted molar refractivity (Wildman–Crippen MR) is 592 cm³/mol. The predicted octanol–water partition coefficient (Wildman–Crippen LogP) is 32.9. The molecule has 10 aliphatic carbocycles. The highest BCUT2D eigenvalue weighted by Gasteiger charge is 2.63. The molecule has 0 atom stereocenters. The van der Waals surface area contributed by atoms with Crippen LogP contribution in [0.15, 0.2) is 411 Å². The third kappa shape index (κ3) is 11.5. The molecule has 0 N–H and O–H groups in total. The van der Waals surface area contributed by atoms with Crippen molar-refractivity contribution >= 4 is 131 Å². The quantitative estimate of drug-likeness (QED) is 0.134. The van der Waals surface area contributed by atoms with Gasteiger partial charge in [0, 0.05) is 104 Å². The Morgan fingerprint density at radius 2 is 0.466 bits per heavy atom. The van der Waals surface area contributed by atoms with E-state index >= 15 is 0 Å². The highest BCUT2D eigenvalue weighted by atomic mass is 16.3. The zero-order valence-electron chi connectivity index (χ0n) is 80.2. The van der Waals surface area contributed by atoms with E-state index in [-0.39, 0.29) is 10.8 Å². The van der Waals surface area contributed by atoms with Gasteiger partial charge in [0.2, 0.25) is 17.8 Å². The van der Waals surface area contributed by atoms with E-state index in [1.807, 2.05) is 66.7 Å². The Morgan fingerprint density at radius 3 is 0.863 bits per heavy atom. The molecule has 692 valence electrons. The maximum Gasteiger partial charge on any atom is 0.240 e. The number of hydrogen-bond acceptors (Lipinski definition) is 7. The van der Waals surface area contributed by atoms with Crippen LogP contribution in [-0.4, -0.2) is 52.7 Å². The molecule has 12 heteroatoms. The Balaban J connectivity index is 0.000000128. The molecule has 2 spiro atoms. The third-order valence-corrected chi connectivity index (χ3v) is 36.1. The smallest absolute Gasteiger partial charge is 0.240 e. The average Bonchev–Trinajstić information content (AvgIpc) is 1.50. The van der Waals surface area contributed by atoms with Gasteiger partial charge in [-0.1, -0.05) is 273 Å². The summed E-state index contributed by atoms with van der Waals surface area (Å²) in [5.41, 5.74) is 35.4. The summed E-state index contributed by atoms with van der Waals surface area (Å²) in [7, 11) is 0. The van der Waals surface area contributed by atoms with Crippen LogP contribution in [0, 0.1) is 47.3 Å². The van der Waals surface area contributed by atoms with Gasteiger partial charge in [-0.2, -0.15) is 24.9 Å². The van der Waals surface area contributed by atoms with E-state index < -0.39 is 0 Å². The van der Waals surface area contributed by atoms with E-state index in [2.05, 4.69) is 363 Å². The van der Waals surface area contributed by atoms with Crippen LogP contribution in [0.2, 0.25) is 0 Å². The first-order chi connectivity index (χ1) is 72.3. The van der Waals surface area contributed by atoms with Crippen LogP contribution in [0.4, 0.5) is 0 Å². The Hall–Kier alpha value is -17.2. The molecule has 146 heavy (non-hydrogen) atoms. The fourth-order valence-corrected chi connectivity index (χ4v) is 30.7. The van der Waals surface area contributed by atoms with Gasteiger partial charge in [0.15, 0.2) is 17.5 Å². The minimum absolute atomic E-state index is 0.115. The van der Waals surface area contributed by atoms with Crippen LogP contribution >= 0.6 is 0 Å². The van der Waals surface area contributed by atoms with Gasteiger partial charge in [-0.3, -0.25) is 13.7 Å². The van der Waals surface area contributed by atoms with Gasteiger partial charge < -0.3 is 13.6 Å². The standard InChI is InChI=1S/C67H48N6.C67H47N5O/c1-2-14-42(15-3-1)64-68-65(72-59-23-11-5-17-50(59)51-18-6-12-24-60(51)72)70-66(69-64)73-61-25-13-8-20-53(61)55-38-44(27-31-63(55)73)43-26-30-62-54(37-43)52-19-7-10-22-58(52)71(62)47-28-29-49-48-16-4-9-21-56(48)67(57(49)39-47)45-33-40-32-41(35-45)36-46(67)34-40;1-2-12-41(13-3-1)64-68-65(44-24-29-63-55(37-44)52-17-7-11-21-62(52)73-63)70-66(69-64)72-59-20-10-6-16-51(59)54-36-43(23-28-61(54)72)42-22-27-60-53(35-42)50-15-5-9-19-58(50)71(60)47-25-26-49-48-14-4-8-18-56(48)67(57(49)38-47)45-31-39-30-40(33-45)34-46(67)32-39/h1-31,37-41,45-46H,32-36H2;1-29,35-40,45-46H,30-34H2. The van der Waals surface area contributed by atoms with E-state index in [0.717, 1.165) is 157 Å². The number of rotatable bonds is 10. The lowest BCUT2D eigenvalue weighted by atomic mass is 9.43. The Bertz CT molecular complexity index is 9990. The van der Waals surface area contributed by atoms with Gasteiger partial charge in [-0.05, 0) is 312 Å². The summed E-state index contributed by atoms with van der Waals surface area (Å²) in [6, 6.07) is 149. The summed E-state index contributed by atoms with van der Waals surface area (Å²) in [4.78, 5) is 31.6. The molecule has 8 aromatic heterocycles. The van der Waals surface area contributed by atoms with Gasteiger partial charge in [0.1, 0.15) is 11.2 Å². The SMILES string of the molecule is c1ccc(-c2nc(-c3ccc4oc5ccccc5c4c3)nc(-n3c4ccccc4c4cc(-c5ccc6c(c5)c5ccccc5n6-c5ccc6c(c5)C5(c7ccccc7-6)C6CC7CC(C6)CC5C7)ccc43)n2)cc1.c1ccc(-c2nc(-n3c4ccccc4c4ccccc43)nc(-n3c4ccccc4c4cc(-c5ccc6c(c5)c5ccccc5n6-c5ccc6c(c5)C5(c7ccccc7-6)C6CC7CC(C6)CC5C7)ccc43)n2)cc1. The second-order valence-corrected chi connectivity index (χ2v) is 43.2. The molecule has 26 aromatic rings. The summed E-state index contributed by atoms with van der Waals surface area (Å²) < 4.78 is 17.9. The molecule has 8 fully saturated rings. The van der Waals surface area contributed by atoms with Crippen LogP contribution in [0.25, 0.3) is 239 Å². The lowest BCUT2D eigenvalue weighted by Gasteiger charge is -2.61. The fraction of sp³-hybridized carbons (Fsp3) is 0.149. The van der Waals surface area contributed by atoms with Crippen LogP contribution in [0.5, 0.6) is 0 Å². The number of aromatic nitrogens is 11. The van der Waals surface area contributed by atoms with Gasteiger partial charge in [0.05, 0.1) is 55.2 Å². The molecule has 8 heterocycles. The zero-order chi connectivity index (χ0) is 95.0. The summed E-state index contributed by atoms with van der Waals surface area (Å²) in [5, 5.41) is 14.1. The van der Waals surface area contributed by atoms with Crippen molar-refractivity contribution in [3.63, 3.8) is 0 Å². The van der Waals surface area contributed by atoms with Crippen molar-refractivity contribution in [1.29, 1.82) is 0 Å². The lowest BCUT2D eigenvalue weighted by molar-refractivity contribution is -0.0399. The van der Waals surface area contributed by atoms with Gasteiger partial charge in [-0.25, -0.2) is 4.98 Å². The Labute approximate surface area is 841 Å². The van der Waals surface area contributed by atoms with Gasteiger partial charge in [-0.15, -0.1) is 0 Å². The Morgan fingerprint density at radius 1 is 0.185 bits per heavy atom. The second kappa shape index (κ2) is 30.7. The van der Waals surface area contributed by atoms with Crippen molar-refractivity contribution in [1.82, 2.24) is 52.7 Å². The number of nitrogens with zero attached hydrogens (tertiary/aromatic N) is 11. The van der Waals surface area contributed by atoms with E-state index in [9.17, 15) is 0 Å². The van der Waals surface area contributed by atoms with Crippen LogP contribution in [0.1, 0.15) is 86.5 Å². The molecule has 0 amide bonds. The van der Waals surface area contributed by atoms with E-state index in [4.69, 9.17) is 34.3 Å². The molecule has 10 aliphatic rings. The monoisotopic (exact) mass is 1870 g/mol. The van der Waals surface area contributed by atoms with Crippen molar-refractivity contribution in [2.24, 2.45) is 47.3 Å². The van der Waals surface area contributed by atoms with E-state index in [0.29, 0.717) is 35.3 Å². The maximum atomic E-state index is 6.21. The number of benzene rings is 18. The molecule has 8 saturated carbocycles. The molecule has 0 saturated heterocycles. The van der Waals surface area contributed by atoms with Gasteiger partial charge >= 0.3 is 0 Å². The minimum Gasteiger partial charge on any atom is -0.456 e. The van der Waals surface area contributed by atoms with Crippen molar-refractivity contribution < 1.29 is 4.42 Å². The molecular weight excluding hydrogens is 1780 g/mol. The second-order valence-electron chi connectivity index (χ2n) is 43.2. The largest absolute Gasteiger partial charge is 0.456 e. The number of furan rings is 1. The molecule has 36 rings (SSSR count). The fourth-order valence-electron chi connectivity index (χ4n) is 30.7. The van der Waals surface area contributed by atoms with Crippen molar-refractivity contribution in [3.8, 4) is 108 Å². The topological polar surface area (TPSA) is 115 Å². The summed E-state index contributed by atoms with van der Waals surface area (Å²) in [6.45, 7) is 0. The van der Waals surface area contributed by atoms with E-state index in [1.54, 1.807) is 22.3 Å². The number of fused-ring (bicyclic) bond motifs is 24. The lowest BCUT2D eigenvalue weighted by Crippen LogP contribution is -2.55. The highest BCUT2D eigenvalue weighted by Crippen LogP contribution is 2.72. The minimum atomic E-state index is 0.115. The first-order valence-electron chi connectivity index (χ1n) is 52.4. The summed E-state index contributed by atoms with van der Waals surface area (Å²) >= 11 is 0. The van der Waals surface area contributed by atoms with E-state index in [1.165, 1.54) is 158 Å². The number of para-hydroxylation sites is 7. The molecule has 0 unspecified atom stereocenters. The molecule has 18 aromatic carbocycles. The first kappa shape index (κ1) is 81.3. The molecule has 8 bridgehead atoms. The summed E-state index contributed by atoms with van der Waals surface area (Å²) in [5.74, 6) is 10.1.